The van der Waals surface area contributed by atoms with Gasteiger partial charge in [0.2, 0.25) is 5.91 Å². The first-order valence-electron chi connectivity index (χ1n) is 4.41. The zero-order chi connectivity index (χ0) is 11.3. The number of aromatic nitrogens is 2. The zero-order valence-corrected chi connectivity index (χ0v) is 8.28. The highest BCUT2D eigenvalue weighted by Crippen LogP contribution is 1.90. The van der Waals surface area contributed by atoms with Crippen molar-refractivity contribution < 1.29 is 9.59 Å². The van der Waals surface area contributed by atoms with E-state index in [9.17, 15) is 9.59 Å². The third-order valence-electron chi connectivity index (χ3n) is 1.76. The molecule has 1 atom stereocenters. The fourth-order valence-electron chi connectivity index (χ4n) is 0.998. The Morgan fingerprint density at radius 1 is 1.67 bits per heavy atom. The van der Waals surface area contributed by atoms with Crippen LogP contribution in [0.4, 0.5) is 4.79 Å². The van der Waals surface area contributed by atoms with E-state index in [0.29, 0.717) is 6.54 Å². The second kappa shape index (κ2) is 4.99. The Kier molecular flexibility index (Phi) is 3.67. The summed E-state index contributed by atoms with van der Waals surface area (Å²) in [6.45, 7) is 1.89. The van der Waals surface area contributed by atoms with Gasteiger partial charge in [0.1, 0.15) is 6.04 Å². The Morgan fingerprint density at radius 2 is 2.40 bits per heavy atom. The van der Waals surface area contributed by atoms with Crippen LogP contribution in [0, 0.1) is 0 Å². The molecule has 82 valence electrons. The molecule has 1 rings (SSSR count). The highest BCUT2D eigenvalue weighted by molar-refractivity contribution is 5.85. The highest BCUT2D eigenvalue weighted by atomic mass is 16.2. The number of rotatable bonds is 4. The van der Waals surface area contributed by atoms with Gasteiger partial charge in [0.05, 0.1) is 12.2 Å². The van der Waals surface area contributed by atoms with Gasteiger partial charge in [0, 0.05) is 6.20 Å². The summed E-state index contributed by atoms with van der Waals surface area (Å²) < 4.78 is 0. The smallest absolute Gasteiger partial charge is 0.312 e. The minimum absolute atomic E-state index is 0.302. The number of nitrogens with two attached hydrogens (primary N) is 1. The first-order chi connectivity index (χ1) is 7.09. The SMILES string of the molecule is CC(NC(N)=O)C(=O)NCc1ccn[nH]1. The van der Waals surface area contributed by atoms with Crippen LogP contribution in [0.1, 0.15) is 12.6 Å². The molecule has 5 N–H and O–H groups in total. The van der Waals surface area contributed by atoms with E-state index in [1.807, 2.05) is 0 Å². The first kappa shape index (κ1) is 11.0. The molecular formula is C8H13N5O2. The van der Waals surface area contributed by atoms with Crippen LogP contribution < -0.4 is 16.4 Å². The monoisotopic (exact) mass is 211 g/mol. The number of carbonyl (C=O) groups is 2. The molecule has 0 aliphatic rings. The number of hydrogen-bond acceptors (Lipinski definition) is 3. The van der Waals surface area contributed by atoms with E-state index in [1.165, 1.54) is 0 Å². The maximum Gasteiger partial charge on any atom is 0.312 e. The molecule has 0 radical (unpaired) electrons. The molecule has 1 aromatic heterocycles. The predicted octanol–water partition coefficient (Wildman–Crippen LogP) is -0.917. The van der Waals surface area contributed by atoms with E-state index >= 15 is 0 Å². The lowest BCUT2D eigenvalue weighted by molar-refractivity contribution is -0.122. The average molecular weight is 211 g/mol. The maximum absolute atomic E-state index is 11.4. The largest absolute Gasteiger partial charge is 0.352 e. The molecule has 0 saturated heterocycles. The van der Waals surface area contributed by atoms with E-state index in [0.717, 1.165) is 5.69 Å². The molecule has 15 heavy (non-hydrogen) atoms. The van der Waals surface area contributed by atoms with Crippen molar-refractivity contribution >= 4 is 11.9 Å². The molecule has 0 bridgehead atoms. The van der Waals surface area contributed by atoms with Crippen LogP contribution >= 0.6 is 0 Å². The van der Waals surface area contributed by atoms with Gasteiger partial charge in [-0.1, -0.05) is 0 Å². The third-order valence-corrected chi connectivity index (χ3v) is 1.76. The van der Waals surface area contributed by atoms with Gasteiger partial charge in [-0.25, -0.2) is 4.79 Å². The highest BCUT2D eigenvalue weighted by Gasteiger charge is 2.13. The fourth-order valence-corrected chi connectivity index (χ4v) is 0.998. The topological polar surface area (TPSA) is 113 Å². The van der Waals surface area contributed by atoms with Crippen molar-refractivity contribution in [2.45, 2.75) is 19.5 Å². The fraction of sp³-hybridized carbons (Fsp3) is 0.375. The van der Waals surface area contributed by atoms with E-state index < -0.39 is 12.1 Å². The Bertz CT molecular complexity index is 335. The lowest BCUT2D eigenvalue weighted by Gasteiger charge is -2.11. The van der Waals surface area contributed by atoms with E-state index in [-0.39, 0.29) is 5.91 Å². The second-order valence-corrected chi connectivity index (χ2v) is 3.03. The van der Waals surface area contributed by atoms with Gasteiger partial charge in [0.15, 0.2) is 0 Å². The Morgan fingerprint density at radius 3 is 2.93 bits per heavy atom. The maximum atomic E-state index is 11.4. The molecule has 0 aromatic carbocycles. The van der Waals surface area contributed by atoms with Crippen LogP contribution in [0.5, 0.6) is 0 Å². The van der Waals surface area contributed by atoms with Crippen LogP contribution in [-0.4, -0.2) is 28.2 Å². The van der Waals surface area contributed by atoms with Crippen LogP contribution in [0.15, 0.2) is 12.3 Å². The first-order valence-corrected chi connectivity index (χ1v) is 4.41. The number of nitrogens with one attached hydrogen (secondary N) is 3. The number of nitrogens with zero attached hydrogens (tertiary/aromatic N) is 1. The zero-order valence-electron chi connectivity index (χ0n) is 8.28. The van der Waals surface area contributed by atoms with Crippen molar-refractivity contribution in [2.75, 3.05) is 0 Å². The summed E-state index contributed by atoms with van der Waals surface area (Å²) in [4.78, 5) is 21.8. The Hall–Kier alpha value is -2.05. The van der Waals surface area contributed by atoms with E-state index in [1.54, 1.807) is 19.2 Å². The number of primary amides is 1. The number of aromatic amines is 1. The normalized spacial score (nSPS) is 11.8. The van der Waals surface area contributed by atoms with Crippen molar-refractivity contribution in [1.82, 2.24) is 20.8 Å². The minimum atomic E-state index is -0.723. The van der Waals surface area contributed by atoms with Crippen molar-refractivity contribution in [3.8, 4) is 0 Å². The number of urea groups is 1. The van der Waals surface area contributed by atoms with Gasteiger partial charge in [0.25, 0.3) is 0 Å². The summed E-state index contributed by atoms with van der Waals surface area (Å²) in [6, 6.07) is 0.372. The molecule has 7 nitrogen and oxygen atoms in total. The standard InChI is InChI=1S/C8H13N5O2/c1-5(12-8(9)15)7(14)10-4-6-2-3-11-13-6/h2-3,5H,4H2,1H3,(H,10,14)(H,11,13)(H3,9,12,15). The summed E-state index contributed by atoms with van der Waals surface area (Å²) in [7, 11) is 0. The second-order valence-electron chi connectivity index (χ2n) is 3.03. The molecule has 0 aliphatic heterocycles. The molecule has 1 heterocycles. The molecule has 0 fully saturated rings. The Balaban J connectivity index is 2.32. The van der Waals surface area contributed by atoms with Crippen LogP contribution in [0.25, 0.3) is 0 Å². The van der Waals surface area contributed by atoms with Gasteiger partial charge in [-0.3, -0.25) is 9.89 Å². The number of H-pyrrole nitrogens is 1. The lowest BCUT2D eigenvalue weighted by Crippen LogP contribution is -2.46. The average Bonchev–Trinajstić information content (AvgIpc) is 2.65. The molecule has 0 spiro atoms. The van der Waals surface area contributed by atoms with Gasteiger partial charge in [-0.15, -0.1) is 0 Å². The summed E-state index contributed by atoms with van der Waals surface area (Å²) in [5.41, 5.74) is 5.66. The molecule has 1 aromatic rings. The predicted molar refractivity (Wildman–Crippen MR) is 52.6 cm³/mol. The molecule has 3 amide bonds. The van der Waals surface area contributed by atoms with Crippen molar-refractivity contribution in [1.29, 1.82) is 0 Å². The van der Waals surface area contributed by atoms with E-state index in [4.69, 9.17) is 5.73 Å². The summed E-state index contributed by atoms with van der Waals surface area (Å²) >= 11 is 0. The van der Waals surface area contributed by atoms with Gasteiger partial charge < -0.3 is 16.4 Å². The van der Waals surface area contributed by atoms with Crippen LogP contribution in [0.3, 0.4) is 0 Å². The number of hydrogen-bond donors (Lipinski definition) is 4. The minimum Gasteiger partial charge on any atom is -0.352 e. The third kappa shape index (κ3) is 3.67. The van der Waals surface area contributed by atoms with Gasteiger partial charge in [-0.2, -0.15) is 5.10 Å². The summed E-state index contributed by atoms with van der Waals surface area (Å²) in [5, 5.41) is 11.3. The number of carbonyl (C=O) groups excluding carboxylic acids is 2. The van der Waals surface area contributed by atoms with Gasteiger partial charge >= 0.3 is 6.03 Å². The molecule has 0 aliphatic carbocycles. The Labute approximate surface area is 86.4 Å². The van der Waals surface area contributed by atoms with Crippen molar-refractivity contribution in [2.24, 2.45) is 5.73 Å². The van der Waals surface area contributed by atoms with Crippen molar-refractivity contribution in [3.05, 3.63) is 18.0 Å². The van der Waals surface area contributed by atoms with Crippen molar-refractivity contribution in [3.63, 3.8) is 0 Å². The van der Waals surface area contributed by atoms with Crippen LogP contribution in [0.2, 0.25) is 0 Å². The molecular weight excluding hydrogens is 198 g/mol. The molecule has 1 unspecified atom stereocenters. The molecule has 7 heteroatoms. The summed E-state index contributed by atoms with van der Waals surface area (Å²) in [5.74, 6) is -0.302. The van der Waals surface area contributed by atoms with E-state index in [2.05, 4.69) is 20.8 Å². The van der Waals surface area contributed by atoms with Crippen LogP contribution in [-0.2, 0) is 11.3 Å². The number of amides is 3. The summed E-state index contributed by atoms with van der Waals surface area (Å²) in [6.07, 6.45) is 1.59. The van der Waals surface area contributed by atoms with Gasteiger partial charge in [-0.05, 0) is 13.0 Å². The molecule has 0 saturated carbocycles. The lowest BCUT2D eigenvalue weighted by atomic mass is 10.3. The quantitative estimate of drug-likeness (QED) is 0.516.